The summed E-state index contributed by atoms with van der Waals surface area (Å²) in [5, 5.41) is 19.5. The summed E-state index contributed by atoms with van der Waals surface area (Å²) in [4.78, 5) is 3.09. The van der Waals surface area contributed by atoms with Crippen molar-refractivity contribution in [2.75, 3.05) is 0 Å². The fourth-order valence-electron chi connectivity index (χ4n) is 2.41. The van der Waals surface area contributed by atoms with Crippen LogP contribution in [0.15, 0.2) is 52.2 Å². The van der Waals surface area contributed by atoms with E-state index in [9.17, 15) is 5.11 Å². The summed E-state index contributed by atoms with van der Waals surface area (Å²) in [7, 11) is 0. The van der Waals surface area contributed by atoms with Gasteiger partial charge in [0, 0.05) is 0 Å². The number of aromatic amines is 1. The van der Waals surface area contributed by atoms with Gasteiger partial charge in [0.05, 0.1) is 12.0 Å². The average molecular weight is 329 g/mol. The molecule has 6 heteroatoms. The summed E-state index contributed by atoms with van der Waals surface area (Å²) in [6.45, 7) is 4.22. The predicted octanol–water partition coefficient (Wildman–Crippen LogP) is 3.90. The van der Waals surface area contributed by atoms with Gasteiger partial charge in [-0.15, -0.1) is 10.2 Å². The number of aliphatic hydroxyl groups excluding tert-OH is 1. The number of furan rings is 1. The lowest BCUT2D eigenvalue weighted by Gasteiger charge is -2.15. The lowest BCUT2D eigenvalue weighted by atomic mass is 9.94. The SMILES string of the molecule is CC(C)c1ccccc1C(O)c1nnc(SCc2ccco2)[nH]1. The lowest BCUT2D eigenvalue weighted by Crippen LogP contribution is -2.06. The number of aliphatic hydroxyl groups is 1. The molecule has 5 nitrogen and oxygen atoms in total. The topological polar surface area (TPSA) is 74.9 Å². The number of aromatic nitrogens is 3. The van der Waals surface area contributed by atoms with E-state index in [2.05, 4.69) is 29.0 Å². The number of hydrogen-bond acceptors (Lipinski definition) is 5. The van der Waals surface area contributed by atoms with Crippen molar-refractivity contribution in [1.82, 2.24) is 15.2 Å². The highest BCUT2D eigenvalue weighted by Crippen LogP contribution is 2.29. The molecule has 0 amide bonds. The smallest absolute Gasteiger partial charge is 0.189 e. The lowest BCUT2D eigenvalue weighted by molar-refractivity contribution is 0.208. The molecule has 2 aromatic heterocycles. The molecule has 0 aliphatic carbocycles. The molecule has 1 unspecified atom stereocenters. The Hall–Kier alpha value is -2.05. The summed E-state index contributed by atoms with van der Waals surface area (Å²) >= 11 is 1.49. The van der Waals surface area contributed by atoms with Gasteiger partial charge in [-0.2, -0.15) is 0 Å². The van der Waals surface area contributed by atoms with Crippen LogP contribution < -0.4 is 0 Å². The molecule has 0 bridgehead atoms. The van der Waals surface area contributed by atoms with E-state index in [1.807, 2.05) is 36.4 Å². The fourth-order valence-corrected chi connectivity index (χ4v) is 3.13. The Morgan fingerprint density at radius 1 is 1.13 bits per heavy atom. The van der Waals surface area contributed by atoms with E-state index in [1.165, 1.54) is 11.8 Å². The second-order valence-corrected chi connectivity index (χ2v) is 6.53. The summed E-state index contributed by atoms with van der Waals surface area (Å²) in [5.74, 6) is 2.33. The molecule has 120 valence electrons. The van der Waals surface area contributed by atoms with E-state index < -0.39 is 6.10 Å². The van der Waals surface area contributed by atoms with Crippen LogP contribution in [0.2, 0.25) is 0 Å². The molecule has 0 saturated carbocycles. The van der Waals surface area contributed by atoms with Gasteiger partial charge < -0.3 is 14.5 Å². The van der Waals surface area contributed by atoms with Crippen LogP contribution in [0.3, 0.4) is 0 Å². The van der Waals surface area contributed by atoms with Crippen molar-refractivity contribution in [1.29, 1.82) is 0 Å². The van der Waals surface area contributed by atoms with Gasteiger partial charge in [0.1, 0.15) is 11.9 Å². The fraction of sp³-hybridized carbons (Fsp3) is 0.294. The average Bonchev–Trinajstić information content (AvgIpc) is 3.23. The normalized spacial score (nSPS) is 12.7. The molecule has 2 N–H and O–H groups in total. The maximum Gasteiger partial charge on any atom is 0.189 e. The minimum Gasteiger partial charge on any atom is -0.468 e. The first-order chi connectivity index (χ1) is 11.1. The van der Waals surface area contributed by atoms with Crippen LogP contribution in [0.1, 0.15) is 48.6 Å². The van der Waals surface area contributed by atoms with Crippen molar-refractivity contribution in [3.63, 3.8) is 0 Å². The van der Waals surface area contributed by atoms with E-state index in [1.54, 1.807) is 6.26 Å². The highest BCUT2D eigenvalue weighted by atomic mass is 32.2. The first-order valence-electron chi connectivity index (χ1n) is 7.50. The van der Waals surface area contributed by atoms with Crippen molar-refractivity contribution < 1.29 is 9.52 Å². The quantitative estimate of drug-likeness (QED) is 0.671. The number of hydrogen-bond donors (Lipinski definition) is 2. The van der Waals surface area contributed by atoms with Crippen molar-refractivity contribution in [3.8, 4) is 0 Å². The third-order valence-corrected chi connectivity index (χ3v) is 4.47. The van der Waals surface area contributed by atoms with Crippen molar-refractivity contribution >= 4 is 11.8 Å². The molecule has 2 heterocycles. The maximum atomic E-state index is 10.6. The number of benzene rings is 1. The van der Waals surface area contributed by atoms with Crippen molar-refractivity contribution in [3.05, 3.63) is 65.4 Å². The third kappa shape index (κ3) is 3.65. The molecule has 0 spiro atoms. The van der Waals surface area contributed by atoms with E-state index in [0.29, 0.717) is 22.7 Å². The van der Waals surface area contributed by atoms with Gasteiger partial charge in [0.15, 0.2) is 11.0 Å². The molecule has 3 rings (SSSR count). The zero-order valence-corrected chi connectivity index (χ0v) is 13.9. The van der Waals surface area contributed by atoms with Gasteiger partial charge in [-0.1, -0.05) is 49.9 Å². The third-order valence-electron chi connectivity index (χ3n) is 3.59. The van der Waals surface area contributed by atoms with Crippen LogP contribution in [0.5, 0.6) is 0 Å². The molecule has 1 atom stereocenters. The van der Waals surface area contributed by atoms with Crippen LogP contribution in [-0.4, -0.2) is 20.3 Å². The molecular weight excluding hydrogens is 310 g/mol. The molecule has 23 heavy (non-hydrogen) atoms. The number of nitrogens with zero attached hydrogens (tertiary/aromatic N) is 2. The molecule has 0 radical (unpaired) electrons. The standard InChI is InChI=1S/C17H19N3O2S/c1-11(2)13-7-3-4-8-14(13)15(21)16-18-17(20-19-16)23-10-12-6-5-9-22-12/h3-9,11,15,21H,10H2,1-2H3,(H,18,19,20). The van der Waals surface area contributed by atoms with Crippen LogP contribution in [0.4, 0.5) is 0 Å². The Morgan fingerprint density at radius 2 is 1.91 bits per heavy atom. The molecular formula is C17H19N3O2S. The van der Waals surface area contributed by atoms with E-state index in [0.717, 1.165) is 16.9 Å². The zero-order chi connectivity index (χ0) is 16.2. The predicted molar refractivity (Wildman–Crippen MR) is 89.2 cm³/mol. The maximum absolute atomic E-state index is 10.6. The number of nitrogens with one attached hydrogen (secondary N) is 1. The molecule has 0 aliphatic rings. The highest BCUT2D eigenvalue weighted by Gasteiger charge is 2.19. The second kappa shape index (κ2) is 7.02. The van der Waals surface area contributed by atoms with Crippen molar-refractivity contribution in [2.45, 2.75) is 36.8 Å². The first kappa shape index (κ1) is 15.8. The number of H-pyrrole nitrogens is 1. The number of thioether (sulfide) groups is 1. The highest BCUT2D eigenvalue weighted by molar-refractivity contribution is 7.98. The molecule has 3 aromatic rings. The summed E-state index contributed by atoms with van der Waals surface area (Å²) in [6.07, 6.45) is 0.841. The van der Waals surface area contributed by atoms with Gasteiger partial charge in [-0.3, -0.25) is 0 Å². The van der Waals surface area contributed by atoms with Crippen LogP contribution in [0, 0.1) is 0 Å². The Balaban J connectivity index is 1.74. The van der Waals surface area contributed by atoms with Gasteiger partial charge in [0.25, 0.3) is 0 Å². The van der Waals surface area contributed by atoms with E-state index in [-0.39, 0.29) is 0 Å². The summed E-state index contributed by atoms with van der Waals surface area (Å²) in [6, 6.07) is 11.6. The van der Waals surface area contributed by atoms with Gasteiger partial charge in [-0.05, 0) is 29.2 Å². The van der Waals surface area contributed by atoms with E-state index in [4.69, 9.17) is 4.42 Å². The second-order valence-electron chi connectivity index (χ2n) is 5.57. The summed E-state index contributed by atoms with van der Waals surface area (Å²) in [5.41, 5.74) is 1.97. The molecule has 0 fully saturated rings. The van der Waals surface area contributed by atoms with Crippen LogP contribution >= 0.6 is 11.8 Å². The molecule has 0 aliphatic heterocycles. The van der Waals surface area contributed by atoms with Crippen LogP contribution in [-0.2, 0) is 5.75 Å². The van der Waals surface area contributed by atoms with Gasteiger partial charge in [-0.25, -0.2) is 0 Å². The zero-order valence-electron chi connectivity index (χ0n) is 13.1. The minimum atomic E-state index is -0.806. The molecule has 0 saturated heterocycles. The number of rotatable bonds is 6. The monoisotopic (exact) mass is 329 g/mol. The Kier molecular flexibility index (Phi) is 4.83. The summed E-state index contributed by atoms with van der Waals surface area (Å²) < 4.78 is 5.29. The largest absolute Gasteiger partial charge is 0.468 e. The minimum absolute atomic E-state index is 0.330. The van der Waals surface area contributed by atoms with E-state index >= 15 is 0 Å². The van der Waals surface area contributed by atoms with Gasteiger partial charge in [0.2, 0.25) is 0 Å². The molecule has 1 aromatic carbocycles. The Bertz CT molecular complexity index is 753. The Morgan fingerprint density at radius 3 is 2.61 bits per heavy atom. The Labute approximate surface area is 139 Å². The van der Waals surface area contributed by atoms with Gasteiger partial charge >= 0.3 is 0 Å². The first-order valence-corrected chi connectivity index (χ1v) is 8.48. The van der Waals surface area contributed by atoms with Crippen LogP contribution in [0.25, 0.3) is 0 Å². The van der Waals surface area contributed by atoms with Crippen molar-refractivity contribution in [2.24, 2.45) is 0 Å².